The molecule has 1 saturated heterocycles. The number of hydrogen-bond donors (Lipinski definition) is 1. The number of carbonyl (C=O) groups excluding carboxylic acids is 1. The van der Waals surface area contributed by atoms with E-state index in [-0.39, 0.29) is 23.4 Å². The zero-order valence-corrected chi connectivity index (χ0v) is 20.3. The predicted octanol–water partition coefficient (Wildman–Crippen LogP) is 4.31. The molecule has 6 nitrogen and oxygen atoms in total. The van der Waals surface area contributed by atoms with Crippen LogP contribution < -0.4 is 10.1 Å². The number of methoxy groups -OCH3 is 1. The second kappa shape index (κ2) is 10.4. The van der Waals surface area contributed by atoms with Crippen LogP contribution in [0.15, 0.2) is 83.8 Å². The van der Waals surface area contributed by atoms with Gasteiger partial charge in [-0.05, 0) is 60.7 Å². The summed E-state index contributed by atoms with van der Waals surface area (Å²) in [4.78, 5) is 13.6. The summed E-state index contributed by atoms with van der Waals surface area (Å²) in [6.45, 7) is 2.59. The van der Waals surface area contributed by atoms with Crippen LogP contribution >= 0.6 is 0 Å². The molecule has 3 aromatic rings. The number of sulfonamides is 1. The molecule has 7 heteroatoms. The average Bonchev–Trinajstić information content (AvgIpc) is 2.88. The smallest absolute Gasteiger partial charge is 0.243 e. The highest BCUT2D eigenvalue weighted by molar-refractivity contribution is 7.89. The Labute approximate surface area is 201 Å². The molecule has 0 radical (unpaired) electrons. The van der Waals surface area contributed by atoms with E-state index in [0.717, 1.165) is 16.7 Å². The van der Waals surface area contributed by atoms with E-state index < -0.39 is 15.9 Å². The molecule has 1 amide bonds. The molecular weight excluding hydrogens is 448 g/mol. The van der Waals surface area contributed by atoms with Crippen molar-refractivity contribution in [1.82, 2.24) is 9.62 Å². The van der Waals surface area contributed by atoms with E-state index in [1.54, 1.807) is 24.3 Å². The van der Waals surface area contributed by atoms with Crippen LogP contribution in [0.4, 0.5) is 0 Å². The molecule has 4 rings (SSSR count). The number of nitrogens with one attached hydrogen (secondary N) is 1. The maximum atomic E-state index is 13.4. The third-order valence-electron chi connectivity index (χ3n) is 6.37. The number of rotatable bonds is 7. The molecule has 178 valence electrons. The Bertz CT molecular complexity index is 1230. The fourth-order valence-corrected chi connectivity index (χ4v) is 5.95. The Balaban J connectivity index is 1.54. The van der Waals surface area contributed by atoms with Crippen molar-refractivity contribution in [3.8, 4) is 5.75 Å². The maximum Gasteiger partial charge on any atom is 0.243 e. The lowest BCUT2D eigenvalue weighted by Gasteiger charge is -2.32. The van der Waals surface area contributed by atoms with Crippen molar-refractivity contribution in [2.75, 3.05) is 20.2 Å². The van der Waals surface area contributed by atoms with Crippen LogP contribution in [-0.2, 0) is 14.8 Å². The van der Waals surface area contributed by atoms with Gasteiger partial charge < -0.3 is 10.1 Å². The van der Waals surface area contributed by atoms with E-state index in [1.807, 2.05) is 61.5 Å². The summed E-state index contributed by atoms with van der Waals surface area (Å²) in [5, 5.41) is 3.21. The van der Waals surface area contributed by atoms with Crippen molar-refractivity contribution in [2.24, 2.45) is 5.92 Å². The SMILES string of the molecule is COc1ccc(S(=O)(=O)N2CCC[C@H](C(=O)N[C@H](c3ccccc3)c3ccccc3C)C2)cc1. The van der Waals surface area contributed by atoms with Gasteiger partial charge in [-0.25, -0.2) is 8.42 Å². The van der Waals surface area contributed by atoms with Crippen molar-refractivity contribution >= 4 is 15.9 Å². The first-order valence-corrected chi connectivity index (χ1v) is 12.9. The molecule has 34 heavy (non-hydrogen) atoms. The largest absolute Gasteiger partial charge is 0.497 e. The second-order valence-electron chi connectivity index (χ2n) is 8.59. The lowest BCUT2D eigenvalue weighted by Crippen LogP contribution is -2.46. The number of ether oxygens (including phenoxy) is 1. The lowest BCUT2D eigenvalue weighted by atomic mass is 9.93. The number of piperidine rings is 1. The second-order valence-corrected chi connectivity index (χ2v) is 10.5. The summed E-state index contributed by atoms with van der Waals surface area (Å²) in [7, 11) is -2.16. The van der Waals surface area contributed by atoms with Gasteiger partial charge in [0.2, 0.25) is 15.9 Å². The summed E-state index contributed by atoms with van der Waals surface area (Å²) in [6, 6.07) is 23.9. The van der Waals surface area contributed by atoms with Gasteiger partial charge in [0.15, 0.2) is 0 Å². The first kappa shape index (κ1) is 24.0. The molecule has 1 aliphatic heterocycles. The van der Waals surface area contributed by atoms with Gasteiger partial charge >= 0.3 is 0 Å². The molecule has 1 aliphatic rings. The number of hydrogen-bond acceptors (Lipinski definition) is 4. The summed E-state index contributed by atoms with van der Waals surface area (Å²) in [5.74, 6) is 0.0433. The zero-order chi connectivity index (χ0) is 24.1. The fraction of sp³-hybridized carbons (Fsp3) is 0.296. The van der Waals surface area contributed by atoms with E-state index in [2.05, 4.69) is 5.32 Å². The van der Waals surface area contributed by atoms with Crippen LogP contribution in [0.3, 0.4) is 0 Å². The Morgan fingerprint density at radius 3 is 2.35 bits per heavy atom. The molecule has 1 fully saturated rings. The van der Waals surface area contributed by atoms with Gasteiger partial charge in [-0.3, -0.25) is 4.79 Å². The van der Waals surface area contributed by atoms with E-state index in [0.29, 0.717) is 25.1 Å². The van der Waals surface area contributed by atoms with Gasteiger partial charge in [0.25, 0.3) is 0 Å². The number of nitrogens with zero attached hydrogens (tertiary/aromatic N) is 1. The number of amides is 1. The van der Waals surface area contributed by atoms with Crippen LogP contribution in [0.25, 0.3) is 0 Å². The Morgan fingerprint density at radius 1 is 1.00 bits per heavy atom. The van der Waals surface area contributed by atoms with Gasteiger partial charge in [0, 0.05) is 13.1 Å². The highest BCUT2D eigenvalue weighted by atomic mass is 32.2. The third kappa shape index (κ3) is 5.16. The lowest BCUT2D eigenvalue weighted by molar-refractivity contribution is -0.126. The molecule has 0 aromatic heterocycles. The summed E-state index contributed by atoms with van der Waals surface area (Å²) in [5.41, 5.74) is 3.10. The van der Waals surface area contributed by atoms with Gasteiger partial charge in [-0.15, -0.1) is 0 Å². The maximum absolute atomic E-state index is 13.4. The molecule has 3 aromatic carbocycles. The third-order valence-corrected chi connectivity index (χ3v) is 8.25. The van der Waals surface area contributed by atoms with Crippen molar-refractivity contribution in [1.29, 1.82) is 0 Å². The molecule has 0 bridgehead atoms. The predicted molar refractivity (Wildman–Crippen MR) is 132 cm³/mol. The van der Waals surface area contributed by atoms with Gasteiger partial charge in [-0.2, -0.15) is 4.31 Å². The van der Waals surface area contributed by atoms with Gasteiger partial charge in [0.1, 0.15) is 5.75 Å². The molecule has 1 N–H and O–H groups in total. The summed E-state index contributed by atoms with van der Waals surface area (Å²) < 4.78 is 33.0. The molecule has 2 atom stereocenters. The molecule has 0 spiro atoms. The van der Waals surface area contributed by atoms with Crippen LogP contribution in [0.5, 0.6) is 5.75 Å². The number of benzene rings is 3. The van der Waals surface area contributed by atoms with E-state index >= 15 is 0 Å². The minimum absolute atomic E-state index is 0.133. The first-order chi connectivity index (χ1) is 16.4. The first-order valence-electron chi connectivity index (χ1n) is 11.4. The van der Waals surface area contributed by atoms with Gasteiger partial charge in [-0.1, -0.05) is 54.6 Å². The topological polar surface area (TPSA) is 75.7 Å². The molecule has 0 aliphatic carbocycles. The Hall–Kier alpha value is -3.16. The normalized spacial score (nSPS) is 17.6. The average molecular weight is 479 g/mol. The monoisotopic (exact) mass is 478 g/mol. The zero-order valence-electron chi connectivity index (χ0n) is 19.5. The highest BCUT2D eigenvalue weighted by Gasteiger charge is 2.34. The van der Waals surface area contributed by atoms with E-state index in [4.69, 9.17) is 4.74 Å². The van der Waals surface area contributed by atoms with E-state index in [9.17, 15) is 13.2 Å². The fourth-order valence-electron chi connectivity index (χ4n) is 4.43. The molecule has 1 heterocycles. The van der Waals surface area contributed by atoms with E-state index in [1.165, 1.54) is 11.4 Å². The quantitative estimate of drug-likeness (QED) is 0.549. The van der Waals surface area contributed by atoms with Gasteiger partial charge in [0.05, 0.1) is 24.0 Å². The molecule has 0 saturated carbocycles. The molecular formula is C27H30N2O4S. The standard InChI is InChI=1S/C27H30N2O4S/c1-20-9-6-7-13-25(20)26(21-10-4-3-5-11-21)28-27(30)22-12-8-18-29(19-22)34(31,32)24-16-14-23(33-2)15-17-24/h3-7,9-11,13-17,22,26H,8,12,18-19H2,1-2H3,(H,28,30)/t22-,26+/m0/s1. The molecule has 0 unspecified atom stereocenters. The number of aryl methyl sites for hydroxylation is 1. The Morgan fingerprint density at radius 2 is 1.68 bits per heavy atom. The minimum atomic E-state index is -3.70. The van der Waals surface area contributed by atoms with Crippen LogP contribution in [0, 0.1) is 12.8 Å². The van der Waals surface area contributed by atoms with Crippen molar-refractivity contribution in [3.05, 3.63) is 95.6 Å². The van der Waals surface area contributed by atoms with Crippen LogP contribution in [0.2, 0.25) is 0 Å². The minimum Gasteiger partial charge on any atom is -0.497 e. The highest BCUT2D eigenvalue weighted by Crippen LogP contribution is 2.28. The van der Waals surface area contributed by atoms with Crippen LogP contribution in [-0.4, -0.2) is 38.8 Å². The summed E-state index contributed by atoms with van der Waals surface area (Å²) >= 11 is 0. The Kier molecular flexibility index (Phi) is 7.34. The summed E-state index contributed by atoms with van der Waals surface area (Å²) in [6.07, 6.45) is 1.28. The van der Waals surface area contributed by atoms with Crippen LogP contribution in [0.1, 0.15) is 35.6 Å². The number of carbonyl (C=O) groups is 1. The van der Waals surface area contributed by atoms with Crippen molar-refractivity contribution < 1.29 is 17.9 Å². The van der Waals surface area contributed by atoms with Crippen molar-refractivity contribution in [3.63, 3.8) is 0 Å². The van der Waals surface area contributed by atoms with Crippen molar-refractivity contribution in [2.45, 2.75) is 30.7 Å².